The third-order valence-corrected chi connectivity index (χ3v) is 4.02. The van der Waals surface area contributed by atoms with E-state index in [0.29, 0.717) is 5.92 Å². The first-order valence-electron chi connectivity index (χ1n) is 7.90. The number of benzene rings is 1. The zero-order valence-electron chi connectivity index (χ0n) is 13.5. The lowest BCUT2D eigenvalue weighted by Crippen LogP contribution is -2.50. The Kier molecular flexibility index (Phi) is 5.80. The predicted molar refractivity (Wildman–Crippen MR) is 85.7 cm³/mol. The monoisotopic (exact) mass is 306 g/mol. The van der Waals surface area contributed by atoms with Gasteiger partial charge in [0.2, 0.25) is 5.91 Å². The number of carbonyl (C=O) groups is 1. The maximum absolute atomic E-state index is 12.1. The van der Waals surface area contributed by atoms with E-state index in [1.54, 1.807) is 0 Å². The van der Waals surface area contributed by atoms with Crippen LogP contribution in [0.2, 0.25) is 0 Å². The van der Waals surface area contributed by atoms with Gasteiger partial charge in [-0.3, -0.25) is 4.79 Å². The quantitative estimate of drug-likeness (QED) is 0.713. The predicted octanol–water partition coefficient (Wildman–Crippen LogP) is 1.48. The highest BCUT2D eigenvalue weighted by Gasteiger charge is 2.28. The molecule has 1 aliphatic rings. The second-order valence-corrected chi connectivity index (χ2v) is 6.21. The van der Waals surface area contributed by atoms with Crippen molar-refractivity contribution >= 4 is 5.91 Å². The van der Waals surface area contributed by atoms with Crippen LogP contribution in [0.5, 0.6) is 5.75 Å². The molecule has 1 aliphatic heterocycles. The van der Waals surface area contributed by atoms with Crippen molar-refractivity contribution in [3.63, 3.8) is 0 Å². The molecular weight excluding hydrogens is 280 g/mol. The van der Waals surface area contributed by atoms with Crippen LogP contribution in [-0.2, 0) is 4.79 Å². The van der Waals surface area contributed by atoms with E-state index in [4.69, 9.17) is 4.74 Å². The summed E-state index contributed by atoms with van der Waals surface area (Å²) in [6.07, 6.45) is -0.643. The van der Waals surface area contributed by atoms with Gasteiger partial charge in [-0.1, -0.05) is 19.1 Å². The fourth-order valence-corrected chi connectivity index (χ4v) is 2.42. The third-order valence-electron chi connectivity index (χ3n) is 4.02. The lowest BCUT2D eigenvalue weighted by Gasteiger charge is -2.31. The summed E-state index contributed by atoms with van der Waals surface area (Å²) in [6, 6.07) is 7.36. The largest absolute Gasteiger partial charge is 0.491 e. The SMILES string of the molecule is CC(C)Oc1cccc(C(O)CNC(=O)C(C)C2CNC2)c1. The van der Waals surface area contributed by atoms with Crippen molar-refractivity contribution < 1.29 is 14.6 Å². The van der Waals surface area contributed by atoms with Crippen LogP contribution in [0.1, 0.15) is 32.4 Å². The standard InChI is InChI=1S/C17H26N2O3/c1-11(2)22-15-6-4-5-13(7-15)16(20)10-19-17(21)12(3)14-8-18-9-14/h4-7,11-12,14,16,18,20H,8-10H2,1-3H3,(H,19,21). The maximum Gasteiger partial charge on any atom is 0.223 e. The second kappa shape index (κ2) is 7.61. The van der Waals surface area contributed by atoms with Gasteiger partial charge in [-0.25, -0.2) is 0 Å². The summed E-state index contributed by atoms with van der Waals surface area (Å²) in [5.74, 6) is 1.11. The van der Waals surface area contributed by atoms with Gasteiger partial charge in [0.15, 0.2) is 0 Å². The number of amides is 1. The Bertz CT molecular complexity index is 500. The molecule has 2 rings (SSSR count). The van der Waals surface area contributed by atoms with Crippen molar-refractivity contribution in [2.24, 2.45) is 11.8 Å². The molecule has 1 saturated heterocycles. The molecule has 3 N–H and O–H groups in total. The van der Waals surface area contributed by atoms with Crippen molar-refractivity contribution in [2.45, 2.75) is 33.0 Å². The molecule has 0 spiro atoms. The molecule has 0 aliphatic carbocycles. The lowest BCUT2D eigenvalue weighted by molar-refractivity contribution is -0.127. The van der Waals surface area contributed by atoms with Crippen LogP contribution in [0, 0.1) is 11.8 Å². The highest BCUT2D eigenvalue weighted by atomic mass is 16.5. The molecule has 5 nitrogen and oxygen atoms in total. The van der Waals surface area contributed by atoms with E-state index < -0.39 is 6.10 Å². The summed E-state index contributed by atoms with van der Waals surface area (Å²) in [4.78, 5) is 12.1. The summed E-state index contributed by atoms with van der Waals surface area (Å²) < 4.78 is 5.62. The number of aliphatic hydroxyl groups is 1. The molecule has 2 unspecified atom stereocenters. The van der Waals surface area contributed by atoms with Crippen LogP contribution in [0.15, 0.2) is 24.3 Å². The maximum atomic E-state index is 12.1. The molecule has 0 aromatic heterocycles. The first-order valence-corrected chi connectivity index (χ1v) is 7.90. The molecule has 0 radical (unpaired) electrons. The van der Waals surface area contributed by atoms with Crippen molar-refractivity contribution in [1.29, 1.82) is 0 Å². The average molecular weight is 306 g/mol. The first kappa shape index (κ1) is 16.8. The molecule has 0 saturated carbocycles. The van der Waals surface area contributed by atoms with Crippen molar-refractivity contribution in [1.82, 2.24) is 10.6 Å². The van der Waals surface area contributed by atoms with Crippen LogP contribution in [0.3, 0.4) is 0 Å². The molecular formula is C17H26N2O3. The molecule has 5 heteroatoms. The van der Waals surface area contributed by atoms with E-state index in [-0.39, 0.29) is 24.5 Å². The average Bonchev–Trinajstić information content (AvgIpc) is 2.42. The Morgan fingerprint density at radius 1 is 1.41 bits per heavy atom. The van der Waals surface area contributed by atoms with Crippen LogP contribution in [-0.4, -0.2) is 36.8 Å². The van der Waals surface area contributed by atoms with E-state index >= 15 is 0 Å². The summed E-state index contributed by atoms with van der Waals surface area (Å²) in [7, 11) is 0. The van der Waals surface area contributed by atoms with Crippen LogP contribution >= 0.6 is 0 Å². The minimum Gasteiger partial charge on any atom is -0.491 e. The first-order chi connectivity index (χ1) is 10.5. The van der Waals surface area contributed by atoms with Gasteiger partial charge in [0, 0.05) is 12.5 Å². The molecule has 2 atom stereocenters. The van der Waals surface area contributed by atoms with Gasteiger partial charge in [-0.05, 0) is 50.6 Å². The van der Waals surface area contributed by atoms with Crippen LogP contribution in [0.4, 0.5) is 0 Å². The number of hydrogen-bond donors (Lipinski definition) is 3. The fourth-order valence-electron chi connectivity index (χ4n) is 2.42. The van der Waals surface area contributed by atoms with Crippen molar-refractivity contribution in [2.75, 3.05) is 19.6 Å². The highest BCUT2D eigenvalue weighted by Crippen LogP contribution is 2.20. The van der Waals surface area contributed by atoms with Gasteiger partial charge in [0.1, 0.15) is 5.75 Å². The molecule has 1 heterocycles. The van der Waals surface area contributed by atoms with Gasteiger partial charge in [-0.2, -0.15) is 0 Å². The van der Waals surface area contributed by atoms with Gasteiger partial charge in [0.25, 0.3) is 0 Å². The second-order valence-electron chi connectivity index (χ2n) is 6.21. The van der Waals surface area contributed by atoms with Crippen molar-refractivity contribution in [3.8, 4) is 5.75 Å². The van der Waals surface area contributed by atoms with Crippen LogP contribution in [0.25, 0.3) is 0 Å². The number of aliphatic hydroxyl groups excluding tert-OH is 1. The summed E-state index contributed by atoms with van der Waals surface area (Å²) in [6.45, 7) is 7.86. The minimum atomic E-state index is -0.730. The zero-order chi connectivity index (χ0) is 16.1. The Morgan fingerprint density at radius 2 is 2.14 bits per heavy atom. The number of rotatable bonds is 7. The zero-order valence-corrected chi connectivity index (χ0v) is 13.5. The van der Waals surface area contributed by atoms with Gasteiger partial charge >= 0.3 is 0 Å². The smallest absolute Gasteiger partial charge is 0.223 e. The summed E-state index contributed by atoms with van der Waals surface area (Å²) >= 11 is 0. The van der Waals surface area contributed by atoms with E-state index in [1.165, 1.54) is 0 Å². The Hall–Kier alpha value is -1.59. The normalized spacial score (nSPS) is 17.7. The lowest BCUT2D eigenvalue weighted by atomic mass is 9.88. The molecule has 0 bridgehead atoms. The van der Waals surface area contributed by atoms with Crippen molar-refractivity contribution in [3.05, 3.63) is 29.8 Å². The Morgan fingerprint density at radius 3 is 2.73 bits per heavy atom. The number of carbonyl (C=O) groups excluding carboxylic acids is 1. The van der Waals surface area contributed by atoms with Gasteiger partial charge in [0.05, 0.1) is 12.2 Å². The van der Waals surface area contributed by atoms with E-state index in [0.717, 1.165) is 24.4 Å². The molecule has 1 aromatic rings. The van der Waals surface area contributed by atoms with E-state index in [9.17, 15) is 9.90 Å². The minimum absolute atomic E-state index is 0.000125. The molecule has 1 amide bonds. The fraction of sp³-hybridized carbons (Fsp3) is 0.588. The molecule has 1 aromatic carbocycles. The topological polar surface area (TPSA) is 70.6 Å². The number of ether oxygens (including phenoxy) is 1. The third kappa shape index (κ3) is 4.45. The van der Waals surface area contributed by atoms with Gasteiger partial charge < -0.3 is 20.5 Å². The van der Waals surface area contributed by atoms with Crippen LogP contribution < -0.4 is 15.4 Å². The molecule has 22 heavy (non-hydrogen) atoms. The van der Waals surface area contributed by atoms with Gasteiger partial charge in [-0.15, -0.1) is 0 Å². The van der Waals surface area contributed by atoms with E-state index in [1.807, 2.05) is 45.0 Å². The summed E-state index contributed by atoms with van der Waals surface area (Å²) in [5, 5.41) is 16.2. The number of nitrogens with one attached hydrogen (secondary N) is 2. The Labute approximate surface area is 132 Å². The highest BCUT2D eigenvalue weighted by molar-refractivity contribution is 5.78. The molecule has 122 valence electrons. The Balaban J connectivity index is 1.86. The van der Waals surface area contributed by atoms with E-state index in [2.05, 4.69) is 10.6 Å². The summed E-state index contributed by atoms with van der Waals surface area (Å²) in [5.41, 5.74) is 0.747. The molecule has 1 fully saturated rings. The number of hydrogen-bond acceptors (Lipinski definition) is 4.